The molecular formula is C10H19NS. The SMILES string of the molecule is CC1(CC2CCSC2)CCCN1. The first-order chi connectivity index (χ1) is 5.79. The van der Waals surface area contributed by atoms with E-state index in [1.54, 1.807) is 0 Å². The maximum Gasteiger partial charge on any atom is 0.0156 e. The molecule has 2 rings (SSSR count). The number of rotatable bonds is 2. The number of hydrogen-bond acceptors (Lipinski definition) is 2. The first-order valence-electron chi connectivity index (χ1n) is 5.11. The molecule has 0 bridgehead atoms. The highest BCUT2D eigenvalue weighted by Crippen LogP contribution is 2.33. The molecule has 0 radical (unpaired) electrons. The molecule has 70 valence electrons. The zero-order valence-electron chi connectivity index (χ0n) is 7.94. The minimum atomic E-state index is 0.496. The molecule has 12 heavy (non-hydrogen) atoms. The Hall–Kier alpha value is 0.310. The van der Waals surface area contributed by atoms with Crippen LogP contribution in [0.4, 0.5) is 0 Å². The van der Waals surface area contributed by atoms with E-state index in [0.29, 0.717) is 5.54 Å². The van der Waals surface area contributed by atoms with Crippen LogP contribution in [0.5, 0.6) is 0 Å². The third-order valence-electron chi connectivity index (χ3n) is 3.22. The van der Waals surface area contributed by atoms with E-state index in [-0.39, 0.29) is 0 Å². The van der Waals surface area contributed by atoms with Crippen molar-refractivity contribution in [2.45, 2.75) is 38.1 Å². The first kappa shape index (κ1) is 8.89. The van der Waals surface area contributed by atoms with Crippen molar-refractivity contribution >= 4 is 11.8 Å². The lowest BCUT2D eigenvalue weighted by Crippen LogP contribution is -2.38. The van der Waals surface area contributed by atoms with Gasteiger partial charge in [0.15, 0.2) is 0 Å². The fourth-order valence-electron chi connectivity index (χ4n) is 2.51. The Balaban J connectivity index is 1.83. The van der Waals surface area contributed by atoms with Gasteiger partial charge in [-0.1, -0.05) is 0 Å². The molecule has 2 saturated heterocycles. The van der Waals surface area contributed by atoms with Gasteiger partial charge in [0.1, 0.15) is 0 Å². The van der Waals surface area contributed by atoms with Gasteiger partial charge in [-0.25, -0.2) is 0 Å². The van der Waals surface area contributed by atoms with Crippen LogP contribution in [0.3, 0.4) is 0 Å². The molecule has 2 aliphatic heterocycles. The molecule has 0 saturated carbocycles. The van der Waals surface area contributed by atoms with Gasteiger partial charge in [-0.05, 0) is 56.6 Å². The van der Waals surface area contributed by atoms with Gasteiger partial charge < -0.3 is 5.32 Å². The van der Waals surface area contributed by atoms with Crippen LogP contribution in [-0.4, -0.2) is 23.6 Å². The summed E-state index contributed by atoms with van der Waals surface area (Å²) in [6, 6.07) is 0. The molecular weight excluding hydrogens is 166 g/mol. The third-order valence-corrected chi connectivity index (χ3v) is 4.45. The Kier molecular flexibility index (Phi) is 2.66. The second kappa shape index (κ2) is 3.59. The quantitative estimate of drug-likeness (QED) is 0.708. The molecule has 2 fully saturated rings. The number of hydrogen-bond donors (Lipinski definition) is 1. The lowest BCUT2D eigenvalue weighted by atomic mass is 9.87. The molecule has 0 aromatic heterocycles. The van der Waals surface area contributed by atoms with Gasteiger partial charge in [0.05, 0.1) is 0 Å². The lowest BCUT2D eigenvalue weighted by Gasteiger charge is -2.27. The van der Waals surface area contributed by atoms with Crippen LogP contribution in [0.15, 0.2) is 0 Å². The van der Waals surface area contributed by atoms with Crippen LogP contribution in [0.25, 0.3) is 0 Å². The summed E-state index contributed by atoms with van der Waals surface area (Å²) in [6.45, 7) is 3.65. The minimum absolute atomic E-state index is 0.496. The van der Waals surface area contributed by atoms with Gasteiger partial charge in [0, 0.05) is 5.54 Å². The van der Waals surface area contributed by atoms with Gasteiger partial charge in [0.2, 0.25) is 0 Å². The summed E-state index contributed by atoms with van der Waals surface area (Å²) in [7, 11) is 0. The molecule has 2 heteroatoms. The maximum atomic E-state index is 3.65. The molecule has 0 aromatic rings. The normalized spacial score (nSPS) is 42.2. The van der Waals surface area contributed by atoms with E-state index in [2.05, 4.69) is 24.0 Å². The average Bonchev–Trinajstić information content (AvgIpc) is 2.62. The Bertz CT molecular complexity index is 146. The average molecular weight is 185 g/mol. The van der Waals surface area contributed by atoms with Gasteiger partial charge >= 0.3 is 0 Å². The highest BCUT2D eigenvalue weighted by Gasteiger charge is 2.31. The fraction of sp³-hybridized carbons (Fsp3) is 1.00. The number of nitrogens with one attached hydrogen (secondary N) is 1. The van der Waals surface area contributed by atoms with E-state index in [9.17, 15) is 0 Å². The van der Waals surface area contributed by atoms with Crippen LogP contribution < -0.4 is 5.32 Å². The monoisotopic (exact) mass is 185 g/mol. The predicted octanol–water partition coefficient (Wildman–Crippen LogP) is 2.27. The van der Waals surface area contributed by atoms with Crippen molar-refractivity contribution < 1.29 is 0 Å². The van der Waals surface area contributed by atoms with E-state index in [4.69, 9.17) is 0 Å². The maximum absolute atomic E-state index is 3.65. The van der Waals surface area contributed by atoms with Crippen molar-refractivity contribution in [2.24, 2.45) is 5.92 Å². The van der Waals surface area contributed by atoms with Crippen molar-refractivity contribution in [1.82, 2.24) is 5.32 Å². The molecule has 1 nitrogen and oxygen atoms in total. The topological polar surface area (TPSA) is 12.0 Å². The Morgan fingerprint density at radius 3 is 3.08 bits per heavy atom. The predicted molar refractivity (Wildman–Crippen MR) is 55.7 cm³/mol. The van der Waals surface area contributed by atoms with Crippen molar-refractivity contribution in [3.05, 3.63) is 0 Å². The fourth-order valence-corrected chi connectivity index (χ4v) is 3.80. The van der Waals surface area contributed by atoms with E-state index in [1.807, 2.05) is 0 Å². The largest absolute Gasteiger partial charge is 0.312 e. The van der Waals surface area contributed by atoms with Gasteiger partial charge in [-0.15, -0.1) is 0 Å². The summed E-state index contributed by atoms with van der Waals surface area (Å²) in [5.74, 6) is 3.82. The Morgan fingerprint density at radius 1 is 1.58 bits per heavy atom. The second-order valence-electron chi connectivity index (χ2n) is 4.52. The van der Waals surface area contributed by atoms with Crippen molar-refractivity contribution in [2.75, 3.05) is 18.1 Å². The van der Waals surface area contributed by atoms with E-state index in [0.717, 1.165) is 5.92 Å². The standard InChI is InChI=1S/C10H19NS/c1-10(4-2-5-11-10)7-9-3-6-12-8-9/h9,11H,2-8H2,1H3. The molecule has 0 aliphatic carbocycles. The Morgan fingerprint density at radius 2 is 2.50 bits per heavy atom. The highest BCUT2D eigenvalue weighted by molar-refractivity contribution is 7.99. The van der Waals surface area contributed by atoms with Gasteiger partial charge in [0.25, 0.3) is 0 Å². The molecule has 2 aliphatic rings. The summed E-state index contributed by atoms with van der Waals surface area (Å²) in [5.41, 5.74) is 0.496. The Labute approximate surface area is 79.7 Å². The van der Waals surface area contributed by atoms with Crippen LogP contribution in [0, 0.1) is 5.92 Å². The lowest BCUT2D eigenvalue weighted by molar-refractivity contribution is 0.324. The minimum Gasteiger partial charge on any atom is -0.312 e. The van der Waals surface area contributed by atoms with Crippen molar-refractivity contribution in [1.29, 1.82) is 0 Å². The molecule has 2 heterocycles. The van der Waals surface area contributed by atoms with Crippen molar-refractivity contribution in [3.8, 4) is 0 Å². The summed E-state index contributed by atoms with van der Waals surface area (Å²) in [4.78, 5) is 0. The molecule has 0 spiro atoms. The third kappa shape index (κ3) is 1.97. The molecule has 0 amide bonds. The van der Waals surface area contributed by atoms with Crippen LogP contribution >= 0.6 is 11.8 Å². The summed E-state index contributed by atoms with van der Waals surface area (Å²) >= 11 is 2.14. The second-order valence-corrected chi connectivity index (χ2v) is 5.67. The van der Waals surface area contributed by atoms with Crippen LogP contribution in [0.1, 0.15) is 32.6 Å². The van der Waals surface area contributed by atoms with Crippen molar-refractivity contribution in [3.63, 3.8) is 0 Å². The molecule has 2 unspecified atom stereocenters. The summed E-state index contributed by atoms with van der Waals surface area (Å²) in [5, 5.41) is 3.65. The molecule has 2 atom stereocenters. The summed E-state index contributed by atoms with van der Waals surface area (Å²) in [6.07, 6.45) is 5.66. The van der Waals surface area contributed by atoms with Gasteiger partial charge in [-0.3, -0.25) is 0 Å². The zero-order valence-corrected chi connectivity index (χ0v) is 8.75. The van der Waals surface area contributed by atoms with Crippen LogP contribution in [0.2, 0.25) is 0 Å². The summed E-state index contributed by atoms with van der Waals surface area (Å²) < 4.78 is 0. The van der Waals surface area contributed by atoms with E-state index in [1.165, 1.54) is 43.7 Å². The smallest absolute Gasteiger partial charge is 0.0156 e. The van der Waals surface area contributed by atoms with E-state index < -0.39 is 0 Å². The van der Waals surface area contributed by atoms with Crippen LogP contribution in [-0.2, 0) is 0 Å². The first-order valence-corrected chi connectivity index (χ1v) is 6.27. The zero-order chi connectivity index (χ0) is 8.44. The van der Waals surface area contributed by atoms with Gasteiger partial charge in [-0.2, -0.15) is 11.8 Å². The molecule has 0 aromatic carbocycles. The highest BCUT2D eigenvalue weighted by atomic mass is 32.2. The van der Waals surface area contributed by atoms with E-state index >= 15 is 0 Å². The number of thioether (sulfide) groups is 1. The molecule has 1 N–H and O–H groups in total.